The molecule has 1 saturated heterocycles. The maximum absolute atomic E-state index is 13.7. The van der Waals surface area contributed by atoms with Crippen molar-refractivity contribution in [2.24, 2.45) is 5.92 Å². The van der Waals surface area contributed by atoms with Crippen molar-refractivity contribution in [3.05, 3.63) is 41.3 Å². The Morgan fingerprint density at radius 2 is 1.97 bits per heavy atom. The summed E-state index contributed by atoms with van der Waals surface area (Å²) in [5, 5.41) is 7.62. The fraction of sp³-hybridized carbons (Fsp3) is 0.591. The fourth-order valence-corrected chi connectivity index (χ4v) is 4.52. The van der Waals surface area contributed by atoms with Crippen LogP contribution in [0.5, 0.6) is 0 Å². The largest absolute Gasteiger partial charge is 0.410 e. The minimum Gasteiger partial charge on any atom is -0.367 e. The van der Waals surface area contributed by atoms with Crippen molar-refractivity contribution in [1.29, 1.82) is 0 Å². The molecule has 6 nitrogen and oxygen atoms in total. The van der Waals surface area contributed by atoms with E-state index in [2.05, 4.69) is 15.4 Å². The molecule has 4 heterocycles. The molecule has 2 aromatic heterocycles. The number of rotatable bonds is 3. The summed E-state index contributed by atoms with van der Waals surface area (Å²) in [5.41, 5.74) is 1.96. The number of anilines is 1. The van der Waals surface area contributed by atoms with Gasteiger partial charge >= 0.3 is 6.18 Å². The van der Waals surface area contributed by atoms with Gasteiger partial charge in [-0.2, -0.15) is 18.3 Å². The summed E-state index contributed by atoms with van der Waals surface area (Å²) in [6, 6.07) is 3.43. The molecule has 2 aliphatic rings. The number of halogens is 3. The van der Waals surface area contributed by atoms with Crippen molar-refractivity contribution in [2.75, 3.05) is 18.4 Å². The van der Waals surface area contributed by atoms with Crippen molar-refractivity contribution in [3.8, 4) is 0 Å². The molecule has 2 atom stereocenters. The molecule has 1 N–H and O–H groups in total. The molecular weight excluding hydrogens is 407 g/mol. The van der Waals surface area contributed by atoms with E-state index in [4.69, 9.17) is 0 Å². The number of hydrogen-bond donors (Lipinski definition) is 1. The molecule has 1 amide bonds. The van der Waals surface area contributed by atoms with Crippen LogP contribution >= 0.6 is 0 Å². The number of fused-ring (bicyclic) bond motifs is 1. The summed E-state index contributed by atoms with van der Waals surface area (Å²) in [6.45, 7) is 6.75. The lowest BCUT2D eigenvalue weighted by atomic mass is 9.92. The smallest absolute Gasteiger partial charge is 0.367 e. The van der Waals surface area contributed by atoms with Gasteiger partial charge in [-0.3, -0.25) is 9.78 Å². The molecule has 2 aromatic rings. The van der Waals surface area contributed by atoms with Crippen LogP contribution in [0.25, 0.3) is 0 Å². The SMILES string of the molecule is Cc1ncccc1C(=O)N1CCC(c2cc3n(n2)[C@@H](C(F)(F)F)C[C@@H](C(C)C)N3)CC1. The molecular formula is C22H28F3N5O. The Kier molecular flexibility index (Phi) is 5.70. The minimum atomic E-state index is -4.34. The number of hydrogen-bond acceptors (Lipinski definition) is 4. The lowest BCUT2D eigenvalue weighted by molar-refractivity contribution is -0.174. The van der Waals surface area contributed by atoms with E-state index in [1.165, 1.54) is 0 Å². The Balaban J connectivity index is 1.49. The number of aromatic nitrogens is 3. The van der Waals surface area contributed by atoms with Crippen LogP contribution in [0.15, 0.2) is 24.4 Å². The highest BCUT2D eigenvalue weighted by Gasteiger charge is 2.47. The second kappa shape index (κ2) is 8.16. The first-order chi connectivity index (χ1) is 14.6. The third-order valence-electron chi connectivity index (χ3n) is 6.48. The number of piperidine rings is 1. The third-order valence-corrected chi connectivity index (χ3v) is 6.48. The molecule has 2 aliphatic heterocycles. The number of carbonyl (C=O) groups excluding carboxylic acids is 1. The van der Waals surface area contributed by atoms with Crippen LogP contribution in [0.1, 0.15) is 66.8 Å². The molecule has 9 heteroatoms. The monoisotopic (exact) mass is 435 g/mol. The van der Waals surface area contributed by atoms with Gasteiger partial charge in [-0.25, -0.2) is 4.68 Å². The van der Waals surface area contributed by atoms with Crippen molar-refractivity contribution < 1.29 is 18.0 Å². The normalized spacial score (nSPS) is 22.4. The zero-order valence-electron chi connectivity index (χ0n) is 18.0. The Morgan fingerprint density at radius 3 is 2.58 bits per heavy atom. The van der Waals surface area contributed by atoms with Gasteiger partial charge in [0.25, 0.3) is 5.91 Å². The number of pyridine rings is 1. The molecule has 0 unspecified atom stereocenters. The van der Waals surface area contributed by atoms with Crippen LogP contribution in [0.3, 0.4) is 0 Å². The highest BCUT2D eigenvalue weighted by atomic mass is 19.4. The number of amides is 1. The number of nitrogens with zero attached hydrogens (tertiary/aromatic N) is 4. The maximum Gasteiger partial charge on any atom is 0.410 e. The Bertz CT molecular complexity index is 947. The first-order valence-corrected chi connectivity index (χ1v) is 10.8. The summed E-state index contributed by atoms with van der Waals surface area (Å²) in [4.78, 5) is 18.8. The van der Waals surface area contributed by atoms with Crippen LogP contribution in [-0.4, -0.2) is 50.9 Å². The number of aryl methyl sites for hydroxylation is 1. The first kappa shape index (κ1) is 21.6. The molecule has 168 valence electrons. The zero-order chi connectivity index (χ0) is 22.3. The van der Waals surface area contributed by atoms with Crippen LogP contribution in [-0.2, 0) is 0 Å². The summed E-state index contributed by atoms with van der Waals surface area (Å²) < 4.78 is 42.2. The van der Waals surface area contributed by atoms with Crippen molar-refractivity contribution in [1.82, 2.24) is 19.7 Å². The summed E-state index contributed by atoms with van der Waals surface area (Å²) in [6.07, 6.45) is -1.36. The topological polar surface area (TPSA) is 63.1 Å². The Labute approximate surface area is 179 Å². The van der Waals surface area contributed by atoms with E-state index in [9.17, 15) is 18.0 Å². The maximum atomic E-state index is 13.7. The van der Waals surface area contributed by atoms with Crippen LogP contribution < -0.4 is 5.32 Å². The molecule has 0 aliphatic carbocycles. The molecule has 4 rings (SSSR count). The summed E-state index contributed by atoms with van der Waals surface area (Å²) >= 11 is 0. The van der Waals surface area contributed by atoms with Crippen molar-refractivity contribution >= 4 is 11.7 Å². The second-order valence-electron chi connectivity index (χ2n) is 8.89. The fourth-order valence-electron chi connectivity index (χ4n) is 4.52. The minimum absolute atomic E-state index is 0.0211. The van der Waals surface area contributed by atoms with Gasteiger partial charge in [0.2, 0.25) is 0 Å². The zero-order valence-corrected chi connectivity index (χ0v) is 18.0. The molecule has 0 bridgehead atoms. The Hall–Kier alpha value is -2.58. The number of nitrogens with one attached hydrogen (secondary N) is 1. The number of alkyl halides is 3. The van der Waals surface area contributed by atoms with Gasteiger partial charge in [0, 0.05) is 43.0 Å². The van der Waals surface area contributed by atoms with E-state index in [0.717, 1.165) is 4.68 Å². The van der Waals surface area contributed by atoms with Gasteiger partial charge in [0.15, 0.2) is 6.04 Å². The number of carbonyl (C=O) groups is 1. The van der Waals surface area contributed by atoms with Crippen molar-refractivity contribution in [2.45, 2.75) is 64.2 Å². The van der Waals surface area contributed by atoms with Crippen molar-refractivity contribution in [3.63, 3.8) is 0 Å². The predicted molar refractivity (Wildman–Crippen MR) is 111 cm³/mol. The van der Waals surface area contributed by atoms with E-state index >= 15 is 0 Å². The molecule has 0 aromatic carbocycles. The van der Waals surface area contributed by atoms with Gasteiger partial charge < -0.3 is 10.2 Å². The molecule has 1 fully saturated rings. The average Bonchev–Trinajstić information content (AvgIpc) is 3.16. The summed E-state index contributed by atoms with van der Waals surface area (Å²) in [7, 11) is 0. The van der Waals surface area contributed by atoms with E-state index in [1.54, 1.807) is 29.3 Å². The lowest BCUT2D eigenvalue weighted by Crippen LogP contribution is -2.41. The van der Waals surface area contributed by atoms with Crippen LogP contribution in [0, 0.1) is 12.8 Å². The van der Waals surface area contributed by atoms with Crippen LogP contribution in [0.2, 0.25) is 0 Å². The molecule has 0 saturated carbocycles. The molecule has 31 heavy (non-hydrogen) atoms. The molecule has 0 radical (unpaired) electrons. The van der Waals surface area contributed by atoms with E-state index in [1.807, 2.05) is 20.8 Å². The predicted octanol–water partition coefficient (Wildman–Crippen LogP) is 4.55. The van der Waals surface area contributed by atoms with Gasteiger partial charge in [-0.15, -0.1) is 0 Å². The summed E-state index contributed by atoms with van der Waals surface area (Å²) in [5.74, 6) is 0.506. The van der Waals surface area contributed by atoms with E-state index in [0.29, 0.717) is 48.7 Å². The first-order valence-electron chi connectivity index (χ1n) is 10.8. The Morgan fingerprint density at radius 1 is 1.26 bits per heavy atom. The molecule has 0 spiro atoms. The van der Waals surface area contributed by atoms with E-state index in [-0.39, 0.29) is 30.2 Å². The van der Waals surface area contributed by atoms with Gasteiger partial charge in [0.1, 0.15) is 5.82 Å². The van der Waals surface area contributed by atoms with Crippen LogP contribution in [0.4, 0.5) is 19.0 Å². The van der Waals surface area contributed by atoms with E-state index < -0.39 is 12.2 Å². The number of likely N-dealkylation sites (tertiary alicyclic amines) is 1. The second-order valence-corrected chi connectivity index (χ2v) is 8.89. The van der Waals surface area contributed by atoms with Gasteiger partial charge in [0.05, 0.1) is 11.3 Å². The third kappa shape index (κ3) is 4.27. The van der Waals surface area contributed by atoms with Gasteiger partial charge in [-0.05, 0) is 44.2 Å². The average molecular weight is 435 g/mol. The quantitative estimate of drug-likeness (QED) is 0.768. The highest BCUT2D eigenvalue weighted by molar-refractivity contribution is 5.95. The standard InChI is InChI=1S/C22H28F3N5O/c1-13(2)17-11-19(22(23,24)25)30-20(27-17)12-18(28-30)15-6-9-29(10-7-15)21(31)16-5-4-8-26-14(16)3/h4-5,8,12-13,15,17,19,27H,6-7,9-11H2,1-3H3/t17-,19+/m0/s1. The highest BCUT2D eigenvalue weighted by Crippen LogP contribution is 2.42. The lowest BCUT2D eigenvalue weighted by Gasteiger charge is -2.35. The van der Waals surface area contributed by atoms with Gasteiger partial charge in [-0.1, -0.05) is 13.8 Å².